The topological polar surface area (TPSA) is 88.1 Å². The first-order valence-electron chi connectivity index (χ1n) is 7.34. The van der Waals surface area contributed by atoms with Crippen LogP contribution in [0.15, 0.2) is 36.5 Å². The lowest BCUT2D eigenvalue weighted by Crippen LogP contribution is -2.51. The zero-order valence-corrected chi connectivity index (χ0v) is 14.1. The Bertz CT molecular complexity index is 539. The molecular weight excluding hydrogens is 316 g/mol. The molecule has 1 rings (SSSR count). The van der Waals surface area contributed by atoms with Gasteiger partial charge in [0.1, 0.15) is 6.10 Å². The van der Waals surface area contributed by atoms with E-state index in [2.05, 4.69) is 19.7 Å². The van der Waals surface area contributed by atoms with E-state index in [1.165, 1.54) is 20.8 Å². The SMILES string of the molecule is C=C(C)C(=O)OC1OCC[C@@H](OC(=O)C(=C)C)C1OC(=O)C(=C)C. The molecule has 1 heterocycles. The van der Waals surface area contributed by atoms with Gasteiger partial charge < -0.3 is 18.9 Å². The van der Waals surface area contributed by atoms with E-state index in [4.69, 9.17) is 18.9 Å². The van der Waals surface area contributed by atoms with Crippen molar-refractivity contribution in [2.24, 2.45) is 0 Å². The Labute approximate surface area is 140 Å². The molecule has 24 heavy (non-hydrogen) atoms. The highest BCUT2D eigenvalue weighted by molar-refractivity contribution is 5.88. The van der Waals surface area contributed by atoms with Crippen molar-refractivity contribution in [3.8, 4) is 0 Å². The normalized spacial score (nSPS) is 22.9. The molecule has 0 aromatic heterocycles. The summed E-state index contributed by atoms with van der Waals surface area (Å²) in [6, 6.07) is 0. The number of rotatable bonds is 6. The first-order chi connectivity index (χ1) is 11.1. The third-order valence-corrected chi connectivity index (χ3v) is 3.09. The van der Waals surface area contributed by atoms with E-state index in [0.717, 1.165) is 0 Å². The van der Waals surface area contributed by atoms with Crippen molar-refractivity contribution in [1.82, 2.24) is 0 Å². The molecule has 0 bridgehead atoms. The lowest BCUT2D eigenvalue weighted by atomic mass is 10.1. The Morgan fingerprint density at radius 3 is 1.79 bits per heavy atom. The number of ether oxygens (including phenoxy) is 4. The molecule has 0 spiro atoms. The maximum atomic E-state index is 11.8. The lowest BCUT2D eigenvalue weighted by Gasteiger charge is -2.36. The quantitative estimate of drug-likeness (QED) is 0.415. The Balaban J connectivity index is 2.98. The number of carbonyl (C=O) groups is 3. The third-order valence-electron chi connectivity index (χ3n) is 3.09. The molecule has 3 atom stereocenters. The Morgan fingerprint density at radius 1 is 0.833 bits per heavy atom. The molecule has 2 unspecified atom stereocenters. The van der Waals surface area contributed by atoms with Crippen LogP contribution >= 0.6 is 0 Å². The summed E-state index contributed by atoms with van der Waals surface area (Å²) < 4.78 is 21.0. The Kier molecular flexibility index (Phi) is 6.91. The van der Waals surface area contributed by atoms with E-state index in [1.54, 1.807) is 0 Å². The Hall–Kier alpha value is -2.41. The van der Waals surface area contributed by atoms with Gasteiger partial charge >= 0.3 is 17.9 Å². The van der Waals surface area contributed by atoms with E-state index in [9.17, 15) is 14.4 Å². The average Bonchev–Trinajstić information content (AvgIpc) is 2.49. The van der Waals surface area contributed by atoms with Crippen molar-refractivity contribution in [3.05, 3.63) is 36.5 Å². The molecule has 0 radical (unpaired) electrons. The molecule has 1 aliphatic rings. The fourth-order valence-electron chi connectivity index (χ4n) is 1.76. The van der Waals surface area contributed by atoms with Crippen LogP contribution in [0.25, 0.3) is 0 Å². The van der Waals surface area contributed by atoms with E-state index >= 15 is 0 Å². The minimum atomic E-state index is -1.21. The van der Waals surface area contributed by atoms with Gasteiger partial charge in [-0.2, -0.15) is 0 Å². The predicted molar refractivity (Wildman–Crippen MR) is 84.7 cm³/mol. The van der Waals surface area contributed by atoms with Crippen molar-refractivity contribution < 1.29 is 33.3 Å². The minimum absolute atomic E-state index is 0.149. The van der Waals surface area contributed by atoms with Crippen LogP contribution in [0, 0.1) is 0 Å². The maximum Gasteiger partial charge on any atom is 0.335 e. The summed E-state index contributed by atoms with van der Waals surface area (Å²) in [6.45, 7) is 15.1. The standard InChI is InChI=1S/C17H22O7/c1-9(2)14(18)22-12-7-8-21-17(24-16(20)11(5)6)13(12)23-15(19)10(3)4/h12-13,17H,1,3,5,7-8H2,2,4,6H3/t12-,13?,17?/m1/s1. The van der Waals surface area contributed by atoms with Gasteiger partial charge in [-0.15, -0.1) is 0 Å². The molecule has 1 saturated heterocycles. The van der Waals surface area contributed by atoms with Crippen molar-refractivity contribution in [1.29, 1.82) is 0 Å². The second-order valence-electron chi connectivity index (χ2n) is 5.59. The first-order valence-corrected chi connectivity index (χ1v) is 7.34. The van der Waals surface area contributed by atoms with Crippen LogP contribution in [0.1, 0.15) is 27.2 Å². The summed E-state index contributed by atoms with van der Waals surface area (Å²) in [5.41, 5.74) is 0.502. The highest BCUT2D eigenvalue weighted by atomic mass is 16.7. The zero-order chi connectivity index (χ0) is 18.4. The van der Waals surface area contributed by atoms with Gasteiger partial charge in [0.25, 0.3) is 0 Å². The van der Waals surface area contributed by atoms with Crippen LogP contribution in [0.3, 0.4) is 0 Å². The van der Waals surface area contributed by atoms with Crippen molar-refractivity contribution in [3.63, 3.8) is 0 Å². The fourth-order valence-corrected chi connectivity index (χ4v) is 1.76. The maximum absolute atomic E-state index is 11.8. The van der Waals surface area contributed by atoms with Crippen LogP contribution < -0.4 is 0 Å². The molecule has 0 aromatic carbocycles. The molecular formula is C17H22O7. The zero-order valence-electron chi connectivity index (χ0n) is 14.1. The summed E-state index contributed by atoms with van der Waals surface area (Å²) in [5, 5.41) is 0. The highest BCUT2D eigenvalue weighted by Gasteiger charge is 2.42. The molecule has 7 heteroatoms. The number of hydrogen-bond acceptors (Lipinski definition) is 7. The summed E-state index contributed by atoms with van der Waals surface area (Å²) in [5.74, 6) is -2.05. The minimum Gasteiger partial charge on any atom is -0.455 e. The molecule has 0 aliphatic carbocycles. The largest absolute Gasteiger partial charge is 0.455 e. The summed E-state index contributed by atoms with van der Waals surface area (Å²) >= 11 is 0. The van der Waals surface area contributed by atoms with Gasteiger partial charge in [-0.05, 0) is 20.8 Å². The third kappa shape index (κ3) is 5.34. The van der Waals surface area contributed by atoms with Crippen LogP contribution in [0.2, 0.25) is 0 Å². The summed E-state index contributed by atoms with van der Waals surface area (Å²) in [6.07, 6.45) is -2.90. The molecule has 7 nitrogen and oxygen atoms in total. The fraction of sp³-hybridized carbons (Fsp3) is 0.471. The van der Waals surface area contributed by atoms with Crippen molar-refractivity contribution >= 4 is 17.9 Å². The number of hydrogen-bond donors (Lipinski definition) is 0. The average molecular weight is 338 g/mol. The molecule has 1 aliphatic heterocycles. The van der Waals surface area contributed by atoms with Gasteiger partial charge in [-0.25, -0.2) is 14.4 Å². The van der Waals surface area contributed by atoms with Gasteiger partial charge in [0.2, 0.25) is 12.4 Å². The molecule has 0 saturated carbocycles. The van der Waals surface area contributed by atoms with Crippen LogP contribution in [-0.2, 0) is 33.3 Å². The first kappa shape index (κ1) is 19.6. The van der Waals surface area contributed by atoms with E-state index in [-0.39, 0.29) is 29.7 Å². The lowest BCUT2D eigenvalue weighted by molar-refractivity contribution is -0.247. The molecule has 1 fully saturated rings. The van der Waals surface area contributed by atoms with E-state index < -0.39 is 36.4 Å². The Morgan fingerprint density at radius 2 is 1.29 bits per heavy atom. The van der Waals surface area contributed by atoms with Crippen LogP contribution in [-0.4, -0.2) is 43.0 Å². The van der Waals surface area contributed by atoms with Gasteiger partial charge in [0.15, 0.2) is 0 Å². The van der Waals surface area contributed by atoms with Gasteiger partial charge in [-0.3, -0.25) is 0 Å². The monoisotopic (exact) mass is 338 g/mol. The van der Waals surface area contributed by atoms with Gasteiger partial charge in [0, 0.05) is 23.1 Å². The van der Waals surface area contributed by atoms with E-state index in [1.807, 2.05) is 0 Å². The van der Waals surface area contributed by atoms with Crippen molar-refractivity contribution in [2.45, 2.75) is 45.7 Å². The van der Waals surface area contributed by atoms with E-state index in [0.29, 0.717) is 0 Å². The summed E-state index contributed by atoms with van der Waals surface area (Å²) in [4.78, 5) is 35.4. The smallest absolute Gasteiger partial charge is 0.335 e. The molecule has 0 amide bonds. The van der Waals surface area contributed by atoms with Crippen molar-refractivity contribution in [2.75, 3.05) is 6.61 Å². The van der Waals surface area contributed by atoms with Crippen LogP contribution in [0.4, 0.5) is 0 Å². The van der Waals surface area contributed by atoms with Crippen LogP contribution in [0.5, 0.6) is 0 Å². The predicted octanol–water partition coefficient (Wildman–Crippen LogP) is 1.83. The molecule has 132 valence electrons. The van der Waals surface area contributed by atoms with Gasteiger partial charge in [0.05, 0.1) is 6.61 Å². The second kappa shape index (κ2) is 8.44. The second-order valence-corrected chi connectivity index (χ2v) is 5.59. The highest BCUT2D eigenvalue weighted by Crippen LogP contribution is 2.24. The molecule has 0 aromatic rings. The molecule has 0 N–H and O–H groups in total. The van der Waals surface area contributed by atoms with Gasteiger partial charge in [-0.1, -0.05) is 19.7 Å². The number of carbonyl (C=O) groups excluding carboxylic acids is 3. The number of esters is 3. The summed E-state index contributed by atoms with van der Waals surface area (Å²) in [7, 11) is 0.